The quantitative estimate of drug-likeness (QED) is 0.772. The number of rotatable bonds is 2. The Morgan fingerprint density at radius 3 is 2.80 bits per heavy atom. The van der Waals surface area contributed by atoms with E-state index in [-0.39, 0.29) is 5.25 Å². The van der Waals surface area contributed by atoms with Crippen LogP contribution in [0.4, 0.5) is 0 Å². The highest BCUT2D eigenvalue weighted by Crippen LogP contribution is 2.40. The lowest BCUT2D eigenvalue weighted by atomic mass is 10.00. The first kappa shape index (κ1) is 13.4. The standard InChI is InChI=1S/C17H17NOS/c1-10(2)16-14(9-19)8-13-7-12-6-11(3)4-5-15(12)18-17(13)20-16/h4-10,16H,1-3H3/t16-/m1/s1. The maximum Gasteiger partial charge on any atom is 0.147 e. The summed E-state index contributed by atoms with van der Waals surface area (Å²) < 4.78 is 0. The third kappa shape index (κ3) is 2.27. The number of aromatic nitrogens is 1. The Bertz CT molecular complexity index is 718. The number of carbonyl (C=O) groups is 1. The van der Waals surface area contributed by atoms with Crippen LogP contribution >= 0.6 is 11.8 Å². The van der Waals surface area contributed by atoms with Crippen molar-refractivity contribution in [3.63, 3.8) is 0 Å². The number of carbonyl (C=O) groups excluding carboxylic acids is 1. The minimum absolute atomic E-state index is 0.204. The summed E-state index contributed by atoms with van der Waals surface area (Å²) >= 11 is 1.71. The Hall–Kier alpha value is -1.61. The SMILES string of the molecule is Cc1ccc2nc3c(cc2c1)C=C(C=O)[C@@H](C(C)C)S3. The van der Waals surface area contributed by atoms with E-state index in [0.29, 0.717) is 5.92 Å². The average molecular weight is 283 g/mol. The van der Waals surface area contributed by atoms with Gasteiger partial charge in [0.1, 0.15) is 11.3 Å². The molecular formula is C17H17NOS. The zero-order chi connectivity index (χ0) is 14.3. The van der Waals surface area contributed by atoms with Crippen LogP contribution < -0.4 is 0 Å². The van der Waals surface area contributed by atoms with Gasteiger partial charge in [0, 0.05) is 21.8 Å². The molecule has 0 radical (unpaired) electrons. The van der Waals surface area contributed by atoms with Crippen molar-refractivity contribution in [1.29, 1.82) is 0 Å². The summed E-state index contributed by atoms with van der Waals surface area (Å²) in [5, 5.41) is 2.37. The highest BCUT2D eigenvalue weighted by Gasteiger charge is 2.25. The van der Waals surface area contributed by atoms with Crippen molar-refractivity contribution in [3.8, 4) is 0 Å². The molecule has 0 saturated carbocycles. The van der Waals surface area contributed by atoms with E-state index in [1.165, 1.54) is 5.56 Å². The second kappa shape index (κ2) is 5.06. The van der Waals surface area contributed by atoms with Gasteiger partial charge in [0.05, 0.1) is 5.52 Å². The lowest BCUT2D eigenvalue weighted by Crippen LogP contribution is -2.18. The van der Waals surface area contributed by atoms with E-state index in [0.717, 1.165) is 33.4 Å². The molecule has 1 aliphatic heterocycles. The molecule has 102 valence electrons. The van der Waals surface area contributed by atoms with Crippen molar-refractivity contribution in [2.45, 2.75) is 31.0 Å². The fourth-order valence-corrected chi connectivity index (χ4v) is 3.74. The van der Waals surface area contributed by atoms with Crippen LogP contribution in [0.3, 0.4) is 0 Å². The van der Waals surface area contributed by atoms with Gasteiger partial charge in [0.15, 0.2) is 0 Å². The predicted octanol–water partition coefficient (Wildman–Crippen LogP) is 4.26. The van der Waals surface area contributed by atoms with Gasteiger partial charge in [-0.25, -0.2) is 4.98 Å². The highest BCUT2D eigenvalue weighted by atomic mass is 32.2. The summed E-state index contributed by atoms with van der Waals surface area (Å²) in [6.45, 7) is 6.37. The van der Waals surface area contributed by atoms with E-state index in [4.69, 9.17) is 4.98 Å². The lowest BCUT2D eigenvalue weighted by molar-refractivity contribution is -0.105. The van der Waals surface area contributed by atoms with E-state index >= 15 is 0 Å². The molecular weight excluding hydrogens is 266 g/mol. The maximum absolute atomic E-state index is 11.3. The average Bonchev–Trinajstić information content (AvgIpc) is 2.43. The van der Waals surface area contributed by atoms with Crippen LogP contribution in [0.2, 0.25) is 0 Å². The molecule has 1 aromatic heterocycles. The van der Waals surface area contributed by atoms with Crippen LogP contribution in [0.1, 0.15) is 25.0 Å². The van der Waals surface area contributed by atoms with Gasteiger partial charge in [-0.3, -0.25) is 4.79 Å². The topological polar surface area (TPSA) is 30.0 Å². The van der Waals surface area contributed by atoms with Gasteiger partial charge in [-0.15, -0.1) is 0 Å². The number of pyridine rings is 1. The second-order valence-corrected chi connectivity index (χ2v) is 6.75. The van der Waals surface area contributed by atoms with Crippen LogP contribution in [-0.2, 0) is 4.79 Å². The number of nitrogens with zero attached hydrogens (tertiary/aromatic N) is 1. The van der Waals surface area contributed by atoms with Crippen molar-refractivity contribution in [2.24, 2.45) is 5.92 Å². The summed E-state index contributed by atoms with van der Waals surface area (Å²) in [7, 11) is 0. The molecule has 0 fully saturated rings. The van der Waals surface area contributed by atoms with Gasteiger partial charge < -0.3 is 0 Å². The summed E-state index contributed by atoms with van der Waals surface area (Å²) in [5.74, 6) is 0.417. The first-order valence-electron chi connectivity index (χ1n) is 6.83. The van der Waals surface area contributed by atoms with Gasteiger partial charge in [0.25, 0.3) is 0 Å². The number of thioether (sulfide) groups is 1. The first-order chi connectivity index (χ1) is 9.58. The third-order valence-electron chi connectivity index (χ3n) is 3.59. The van der Waals surface area contributed by atoms with Crippen molar-refractivity contribution >= 4 is 35.0 Å². The Balaban J connectivity index is 2.17. The minimum atomic E-state index is 0.204. The Kier molecular flexibility index (Phi) is 3.38. The zero-order valence-corrected chi connectivity index (χ0v) is 12.7. The minimum Gasteiger partial charge on any atom is -0.298 e. The Morgan fingerprint density at radius 1 is 1.30 bits per heavy atom. The Morgan fingerprint density at radius 2 is 2.10 bits per heavy atom. The number of benzene rings is 1. The van der Waals surface area contributed by atoms with Crippen LogP contribution in [-0.4, -0.2) is 16.5 Å². The van der Waals surface area contributed by atoms with Gasteiger partial charge in [-0.05, 0) is 37.1 Å². The summed E-state index contributed by atoms with van der Waals surface area (Å²) in [5.41, 5.74) is 4.17. The Labute approximate surface area is 123 Å². The van der Waals surface area contributed by atoms with E-state index in [1.54, 1.807) is 11.8 Å². The van der Waals surface area contributed by atoms with Gasteiger partial charge >= 0.3 is 0 Å². The van der Waals surface area contributed by atoms with Gasteiger partial charge in [-0.1, -0.05) is 37.2 Å². The molecule has 3 heteroatoms. The molecule has 1 atom stereocenters. The molecule has 2 heterocycles. The smallest absolute Gasteiger partial charge is 0.147 e. The molecule has 0 unspecified atom stereocenters. The normalized spacial score (nSPS) is 18.0. The molecule has 0 amide bonds. The molecule has 0 spiro atoms. The fourth-order valence-electron chi connectivity index (χ4n) is 2.56. The fraction of sp³-hybridized carbons (Fsp3) is 0.294. The third-order valence-corrected chi connectivity index (χ3v) is 5.21. The molecule has 0 saturated heterocycles. The van der Waals surface area contributed by atoms with Crippen LogP contribution in [0.25, 0.3) is 17.0 Å². The summed E-state index contributed by atoms with van der Waals surface area (Å²) in [6.07, 6.45) is 2.99. The number of hydrogen-bond acceptors (Lipinski definition) is 3. The molecule has 1 aromatic carbocycles. The maximum atomic E-state index is 11.3. The highest BCUT2D eigenvalue weighted by molar-refractivity contribution is 8.00. The van der Waals surface area contributed by atoms with Crippen molar-refractivity contribution in [3.05, 3.63) is 41.0 Å². The van der Waals surface area contributed by atoms with Gasteiger partial charge in [0.2, 0.25) is 0 Å². The van der Waals surface area contributed by atoms with Crippen molar-refractivity contribution < 1.29 is 4.79 Å². The number of aldehydes is 1. The monoisotopic (exact) mass is 283 g/mol. The van der Waals surface area contributed by atoms with Crippen molar-refractivity contribution in [1.82, 2.24) is 4.98 Å². The second-order valence-electron chi connectivity index (χ2n) is 5.62. The largest absolute Gasteiger partial charge is 0.298 e. The van der Waals surface area contributed by atoms with E-state index in [2.05, 4.69) is 45.0 Å². The van der Waals surface area contributed by atoms with E-state index in [1.807, 2.05) is 6.08 Å². The number of fused-ring (bicyclic) bond motifs is 2. The molecule has 3 rings (SSSR count). The van der Waals surface area contributed by atoms with Gasteiger partial charge in [-0.2, -0.15) is 0 Å². The first-order valence-corrected chi connectivity index (χ1v) is 7.71. The summed E-state index contributed by atoms with van der Waals surface area (Å²) in [6, 6.07) is 8.42. The number of aryl methyl sites for hydroxylation is 1. The molecule has 1 aliphatic rings. The summed E-state index contributed by atoms with van der Waals surface area (Å²) in [4.78, 5) is 16.1. The zero-order valence-electron chi connectivity index (χ0n) is 11.9. The van der Waals surface area contributed by atoms with E-state index in [9.17, 15) is 4.79 Å². The number of hydrogen-bond donors (Lipinski definition) is 0. The molecule has 20 heavy (non-hydrogen) atoms. The van der Waals surface area contributed by atoms with Crippen LogP contribution in [0.15, 0.2) is 34.9 Å². The molecule has 2 aromatic rings. The van der Waals surface area contributed by atoms with Crippen LogP contribution in [0.5, 0.6) is 0 Å². The molecule has 2 nitrogen and oxygen atoms in total. The van der Waals surface area contributed by atoms with E-state index < -0.39 is 0 Å². The molecule has 0 bridgehead atoms. The van der Waals surface area contributed by atoms with Crippen molar-refractivity contribution in [2.75, 3.05) is 0 Å². The lowest BCUT2D eigenvalue weighted by Gasteiger charge is -2.25. The molecule has 0 N–H and O–H groups in total. The van der Waals surface area contributed by atoms with Crippen LogP contribution in [0, 0.1) is 12.8 Å². The molecule has 0 aliphatic carbocycles. The predicted molar refractivity (Wildman–Crippen MR) is 85.0 cm³/mol.